The molecule has 0 unspecified atom stereocenters. The summed E-state index contributed by atoms with van der Waals surface area (Å²) in [4.78, 5) is 11.4. The van der Waals surface area contributed by atoms with Crippen LogP contribution in [-0.4, -0.2) is 5.97 Å². The SMILES string of the molecule is O=C(/C=C/c1ccco1)Oc1ccc(Cl)cc1. The van der Waals surface area contributed by atoms with Crippen molar-refractivity contribution >= 4 is 23.6 Å². The van der Waals surface area contributed by atoms with E-state index in [1.165, 1.54) is 18.4 Å². The van der Waals surface area contributed by atoms with E-state index in [0.29, 0.717) is 16.5 Å². The molecule has 86 valence electrons. The molecule has 4 heteroatoms. The Balaban J connectivity index is 1.95. The predicted octanol–water partition coefficient (Wildman–Crippen LogP) is 3.55. The maximum absolute atomic E-state index is 11.4. The Kier molecular flexibility index (Phi) is 3.62. The molecule has 0 N–H and O–H groups in total. The fraction of sp³-hybridized carbons (Fsp3) is 0. The highest BCUT2D eigenvalue weighted by Gasteiger charge is 2.00. The summed E-state index contributed by atoms with van der Waals surface area (Å²) in [7, 11) is 0. The number of benzene rings is 1. The monoisotopic (exact) mass is 248 g/mol. The van der Waals surface area contributed by atoms with Crippen LogP contribution in [0.2, 0.25) is 5.02 Å². The summed E-state index contributed by atoms with van der Waals surface area (Å²) in [5, 5.41) is 0.593. The molecule has 0 atom stereocenters. The molecule has 0 aliphatic carbocycles. The van der Waals surface area contributed by atoms with E-state index in [1.807, 2.05) is 0 Å². The number of esters is 1. The van der Waals surface area contributed by atoms with Crippen molar-refractivity contribution in [3.8, 4) is 5.75 Å². The van der Waals surface area contributed by atoms with E-state index < -0.39 is 5.97 Å². The Morgan fingerprint density at radius 2 is 2.00 bits per heavy atom. The predicted molar refractivity (Wildman–Crippen MR) is 64.8 cm³/mol. The fourth-order valence-corrected chi connectivity index (χ4v) is 1.32. The third kappa shape index (κ3) is 3.50. The summed E-state index contributed by atoms with van der Waals surface area (Å²) in [5.74, 6) is 0.574. The molecule has 1 aromatic heterocycles. The molecule has 1 heterocycles. The van der Waals surface area contributed by atoms with Crippen molar-refractivity contribution in [3.63, 3.8) is 0 Å². The number of rotatable bonds is 3. The van der Waals surface area contributed by atoms with E-state index in [1.54, 1.807) is 36.4 Å². The van der Waals surface area contributed by atoms with Crippen molar-refractivity contribution in [2.75, 3.05) is 0 Å². The van der Waals surface area contributed by atoms with Crippen molar-refractivity contribution in [3.05, 3.63) is 59.5 Å². The lowest BCUT2D eigenvalue weighted by Crippen LogP contribution is -2.03. The standard InChI is InChI=1S/C13H9ClO3/c14-10-3-5-12(6-4-10)17-13(15)8-7-11-2-1-9-16-11/h1-9H/b8-7+. The average molecular weight is 249 g/mol. The van der Waals surface area contributed by atoms with Crippen LogP contribution in [0.25, 0.3) is 6.08 Å². The van der Waals surface area contributed by atoms with Gasteiger partial charge in [0, 0.05) is 11.1 Å². The van der Waals surface area contributed by atoms with Gasteiger partial charge < -0.3 is 9.15 Å². The van der Waals surface area contributed by atoms with Gasteiger partial charge in [-0.25, -0.2) is 4.79 Å². The lowest BCUT2D eigenvalue weighted by molar-refractivity contribution is -0.128. The highest BCUT2D eigenvalue weighted by molar-refractivity contribution is 6.30. The zero-order valence-corrected chi connectivity index (χ0v) is 9.55. The molecule has 0 amide bonds. The molecule has 0 aliphatic heterocycles. The van der Waals surface area contributed by atoms with Gasteiger partial charge in [-0.2, -0.15) is 0 Å². The maximum Gasteiger partial charge on any atom is 0.336 e. The molecule has 2 rings (SSSR count). The first kappa shape index (κ1) is 11.5. The molecule has 0 radical (unpaired) electrons. The number of carbonyl (C=O) groups is 1. The topological polar surface area (TPSA) is 39.4 Å². The van der Waals surface area contributed by atoms with Gasteiger partial charge in [0.25, 0.3) is 0 Å². The maximum atomic E-state index is 11.4. The van der Waals surface area contributed by atoms with Gasteiger partial charge in [0.1, 0.15) is 11.5 Å². The number of hydrogen-bond donors (Lipinski definition) is 0. The molecule has 2 aromatic rings. The van der Waals surface area contributed by atoms with Gasteiger partial charge in [0.15, 0.2) is 0 Å². The largest absolute Gasteiger partial charge is 0.465 e. The van der Waals surface area contributed by atoms with Gasteiger partial charge in [0.2, 0.25) is 0 Å². The molecule has 0 saturated carbocycles. The Labute approximate surface area is 103 Å². The molecule has 0 aliphatic rings. The van der Waals surface area contributed by atoms with E-state index in [9.17, 15) is 4.79 Å². The summed E-state index contributed by atoms with van der Waals surface area (Å²) in [6, 6.07) is 10.0. The second kappa shape index (κ2) is 5.37. The van der Waals surface area contributed by atoms with Gasteiger partial charge in [-0.3, -0.25) is 0 Å². The number of hydrogen-bond acceptors (Lipinski definition) is 3. The van der Waals surface area contributed by atoms with E-state index in [2.05, 4.69) is 0 Å². The first-order valence-corrected chi connectivity index (χ1v) is 5.31. The minimum absolute atomic E-state index is 0.448. The normalized spacial score (nSPS) is 10.6. The van der Waals surface area contributed by atoms with E-state index in [4.69, 9.17) is 20.8 Å². The summed E-state index contributed by atoms with van der Waals surface area (Å²) >= 11 is 5.71. The van der Waals surface area contributed by atoms with Gasteiger partial charge >= 0.3 is 5.97 Å². The second-order valence-corrected chi connectivity index (χ2v) is 3.66. The molecule has 0 saturated heterocycles. The van der Waals surface area contributed by atoms with Crippen molar-refractivity contribution in [1.29, 1.82) is 0 Å². The van der Waals surface area contributed by atoms with Crippen LogP contribution in [0.5, 0.6) is 5.75 Å². The Hall–Kier alpha value is -2.00. The Morgan fingerprint density at radius 3 is 2.65 bits per heavy atom. The van der Waals surface area contributed by atoms with Crippen LogP contribution < -0.4 is 4.74 Å². The number of furan rings is 1. The third-order valence-electron chi connectivity index (χ3n) is 1.96. The quantitative estimate of drug-likeness (QED) is 0.474. The lowest BCUT2D eigenvalue weighted by Gasteiger charge is -2.00. The van der Waals surface area contributed by atoms with Crippen molar-refractivity contribution in [2.24, 2.45) is 0 Å². The minimum atomic E-state index is -0.469. The molecule has 0 fully saturated rings. The first-order valence-electron chi connectivity index (χ1n) is 4.93. The van der Waals surface area contributed by atoms with Crippen molar-refractivity contribution in [1.82, 2.24) is 0 Å². The Morgan fingerprint density at radius 1 is 1.24 bits per heavy atom. The smallest absolute Gasteiger partial charge is 0.336 e. The third-order valence-corrected chi connectivity index (χ3v) is 2.21. The minimum Gasteiger partial charge on any atom is -0.465 e. The number of carbonyl (C=O) groups excluding carboxylic acids is 1. The van der Waals surface area contributed by atoms with Crippen LogP contribution in [0, 0.1) is 0 Å². The lowest BCUT2D eigenvalue weighted by atomic mass is 10.3. The highest BCUT2D eigenvalue weighted by atomic mass is 35.5. The van der Waals surface area contributed by atoms with Crippen LogP contribution in [0.4, 0.5) is 0 Å². The molecule has 17 heavy (non-hydrogen) atoms. The first-order chi connectivity index (χ1) is 8.24. The summed E-state index contributed by atoms with van der Waals surface area (Å²) in [6.45, 7) is 0. The fourth-order valence-electron chi connectivity index (χ4n) is 1.19. The molecular formula is C13H9ClO3. The highest BCUT2D eigenvalue weighted by Crippen LogP contribution is 2.15. The van der Waals surface area contributed by atoms with Crippen LogP contribution in [0.1, 0.15) is 5.76 Å². The van der Waals surface area contributed by atoms with Crippen LogP contribution in [0.15, 0.2) is 53.2 Å². The summed E-state index contributed by atoms with van der Waals surface area (Å²) < 4.78 is 10.1. The van der Waals surface area contributed by atoms with E-state index >= 15 is 0 Å². The summed E-state index contributed by atoms with van der Waals surface area (Å²) in [5.41, 5.74) is 0. The zero-order valence-electron chi connectivity index (χ0n) is 8.80. The van der Waals surface area contributed by atoms with Gasteiger partial charge in [-0.1, -0.05) is 11.6 Å². The molecule has 3 nitrogen and oxygen atoms in total. The number of ether oxygens (including phenoxy) is 1. The summed E-state index contributed by atoms with van der Waals surface area (Å²) in [6.07, 6.45) is 4.37. The van der Waals surface area contributed by atoms with Crippen molar-refractivity contribution in [2.45, 2.75) is 0 Å². The molecular weight excluding hydrogens is 240 g/mol. The van der Waals surface area contributed by atoms with E-state index in [-0.39, 0.29) is 0 Å². The van der Waals surface area contributed by atoms with Gasteiger partial charge in [-0.05, 0) is 42.5 Å². The van der Waals surface area contributed by atoms with Crippen LogP contribution >= 0.6 is 11.6 Å². The van der Waals surface area contributed by atoms with E-state index in [0.717, 1.165) is 0 Å². The second-order valence-electron chi connectivity index (χ2n) is 3.22. The Bertz CT molecular complexity index is 512. The zero-order chi connectivity index (χ0) is 12.1. The molecule has 0 spiro atoms. The van der Waals surface area contributed by atoms with Gasteiger partial charge in [-0.15, -0.1) is 0 Å². The molecule has 1 aromatic carbocycles. The average Bonchev–Trinajstić information content (AvgIpc) is 2.83. The van der Waals surface area contributed by atoms with Gasteiger partial charge in [0.05, 0.1) is 6.26 Å². The molecule has 0 bridgehead atoms. The van der Waals surface area contributed by atoms with Crippen LogP contribution in [0.3, 0.4) is 0 Å². The number of halogens is 1. The van der Waals surface area contributed by atoms with Crippen molar-refractivity contribution < 1.29 is 13.9 Å². The van der Waals surface area contributed by atoms with Crippen LogP contribution in [-0.2, 0) is 4.79 Å².